The minimum Gasteiger partial charge on any atom is -0.477 e. The van der Waals surface area contributed by atoms with Gasteiger partial charge in [-0.05, 0) is 25.1 Å². The highest BCUT2D eigenvalue weighted by molar-refractivity contribution is 5.91. The molecule has 1 aromatic heterocycles. The van der Waals surface area contributed by atoms with Crippen molar-refractivity contribution in [1.82, 2.24) is 10.3 Å². The molecule has 1 rings (SSSR count). The lowest BCUT2D eigenvalue weighted by molar-refractivity contribution is -0.116. The smallest absolute Gasteiger partial charge is 0.341 e. The third kappa shape index (κ3) is 3.60. The Hall–Kier alpha value is -2.37. The van der Waals surface area contributed by atoms with Gasteiger partial charge in [-0.3, -0.25) is 9.59 Å². The van der Waals surface area contributed by atoms with Gasteiger partial charge in [-0.15, -0.1) is 0 Å². The van der Waals surface area contributed by atoms with Crippen molar-refractivity contribution >= 4 is 18.0 Å². The van der Waals surface area contributed by atoms with Gasteiger partial charge in [0.25, 0.3) is 5.56 Å². The van der Waals surface area contributed by atoms with Crippen LogP contribution in [0.3, 0.4) is 0 Å². The van der Waals surface area contributed by atoms with Gasteiger partial charge in [-0.1, -0.05) is 0 Å². The van der Waals surface area contributed by atoms with Crippen LogP contribution in [0.15, 0.2) is 23.0 Å². The summed E-state index contributed by atoms with van der Waals surface area (Å²) in [6, 6.07) is 2.61. The normalized spacial score (nSPS) is 10.4. The molecule has 1 heterocycles. The van der Waals surface area contributed by atoms with E-state index in [1.165, 1.54) is 24.3 Å². The molecule has 1 amide bonds. The second kappa shape index (κ2) is 5.64. The first kappa shape index (κ1) is 12.7. The number of nitrogens with one attached hydrogen (secondary N) is 2. The quantitative estimate of drug-likeness (QED) is 0.651. The van der Waals surface area contributed by atoms with Crippen molar-refractivity contribution in [2.24, 2.45) is 0 Å². The fourth-order valence-electron chi connectivity index (χ4n) is 1.15. The molecule has 0 aliphatic rings. The maximum atomic E-state index is 11.3. The van der Waals surface area contributed by atoms with Crippen LogP contribution < -0.4 is 10.9 Å². The number of likely N-dealkylation sites (N-methyl/N-ethyl adjacent to an activating group) is 1. The number of carboxylic acids is 1. The number of hydrogen-bond donors (Lipinski definition) is 3. The monoisotopic (exact) mass is 236 g/mol. The van der Waals surface area contributed by atoms with E-state index in [2.05, 4.69) is 10.3 Å². The van der Waals surface area contributed by atoms with Gasteiger partial charge in [-0.2, -0.15) is 0 Å². The molecule has 90 valence electrons. The highest BCUT2D eigenvalue weighted by Crippen LogP contribution is 1.97. The summed E-state index contributed by atoms with van der Waals surface area (Å²) in [5.74, 6) is -1.57. The first-order chi connectivity index (χ1) is 8.04. The van der Waals surface area contributed by atoms with Crippen LogP contribution in [0.25, 0.3) is 6.08 Å². The number of carboxylic acid groups (broad SMARTS) is 1. The van der Waals surface area contributed by atoms with Gasteiger partial charge >= 0.3 is 5.97 Å². The molecule has 0 fully saturated rings. The third-order valence-corrected chi connectivity index (χ3v) is 1.93. The van der Waals surface area contributed by atoms with Crippen LogP contribution in [0.5, 0.6) is 0 Å². The molecule has 17 heavy (non-hydrogen) atoms. The van der Waals surface area contributed by atoms with Crippen LogP contribution in [0.2, 0.25) is 0 Å². The third-order valence-electron chi connectivity index (χ3n) is 1.93. The Kier molecular flexibility index (Phi) is 4.21. The molecule has 6 nitrogen and oxygen atoms in total. The van der Waals surface area contributed by atoms with Crippen LogP contribution in [0.4, 0.5) is 0 Å². The average molecular weight is 236 g/mol. The predicted molar refractivity (Wildman–Crippen MR) is 61.7 cm³/mol. The molecule has 3 N–H and O–H groups in total. The zero-order valence-corrected chi connectivity index (χ0v) is 9.19. The summed E-state index contributed by atoms with van der Waals surface area (Å²) in [5.41, 5.74) is -0.665. The van der Waals surface area contributed by atoms with E-state index >= 15 is 0 Å². The van der Waals surface area contributed by atoms with Gasteiger partial charge < -0.3 is 15.4 Å². The van der Waals surface area contributed by atoms with Crippen molar-refractivity contribution in [3.05, 3.63) is 39.8 Å². The van der Waals surface area contributed by atoms with Gasteiger partial charge in [0.1, 0.15) is 5.56 Å². The number of aromatic nitrogens is 1. The van der Waals surface area contributed by atoms with Crippen molar-refractivity contribution in [3.63, 3.8) is 0 Å². The van der Waals surface area contributed by atoms with Gasteiger partial charge in [0.2, 0.25) is 5.91 Å². The Morgan fingerprint density at radius 2 is 2.18 bits per heavy atom. The number of rotatable bonds is 4. The van der Waals surface area contributed by atoms with Crippen LogP contribution in [0.1, 0.15) is 23.0 Å². The maximum absolute atomic E-state index is 11.3. The van der Waals surface area contributed by atoms with Crippen molar-refractivity contribution in [2.75, 3.05) is 6.54 Å². The number of aromatic carboxylic acids is 1. The summed E-state index contributed by atoms with van der Waals surface area (Å²) in [6.07, 6.45) is 2.66. The Bertz CT molecular complexity index is 516. The zero-order chi connectivity index (χ0) is 12.8. The fraction of sp³-hybridized carbons (Fsp3) is 0.182. The van der Waals surface area contributed by atoms with Crippen LogP contribution in [-0.2, 0) is 4.79 Å². The number of hydrogen-bond acceptors (Lipinski definition) is 3. The lowest BCUT2D eigenvalue weighted by atomic mass is 10.2. The molecule has 0 unspecified atom stereocenters. The molecule has 0 spiro atoms. The lowest BCUT2D eigenvalue weighted by Gasteiger charge is -1.97. The predicted octanol–water partition coefficient (Wildman–Crippen LogP) is 0.222. The maximum Gasteiger partial charge on any atom is 0.341 e. The molecular weight excluding hydrogens is 224 g/mol. The summed E-state index contributed by atoms with van der Waals surface area (Å²) in [7, 11) is 0. The molecule has 0 aliphatic heterocycles. The van der Waals surface area contributed by atoms with E-state index in [0.717, 1.165) is 0 Å². The van der Waals surface area contributed by atoms with Gasteiger partial charge in [0.15, 0.2) is 0 Å². The lowest BCUT2D eigenvalue weighted by Crippen LogP contribution is -2.20. The van der Waals surface area contributed by atoms with E-state index in [0.29, 0.717) is 12.2 Å². The number of amides is 1. The molecule has 0 radical (unpaired) electrons. The summed E-state index contributed by atoms with van der Waals surface area (Å²) in [4.78, 5) is 35.3. The Labute approximate surface area is 97.0 Å². The van der Waals surface area contributed by atoms with E-state index in [1.807, 2.05) is 0 Å². The van der Waals surface area contributed by atoms with Crippen molar-refractivity contribution in [3.8, 4) is 0 Å². The zero-order valence-electron chi connectivity index (χ0n) is 9.19. The van der Waals surface area contributed by atoms with Crippen LogP contribution in [0, 0.1) is 0 Å². The molecule has 0 atom stereocenters. The first-order valence-electron chi connectivity index (χ1n) is 4.97. The molecule has 0 saturated carbocycles. The second-order valence-corrected chi connectivity index (χ2v) is 3.19. The van der Waals surface area contributed by atoms with Crippen LogP contribution >= 0.6 is 0 Å². The SMILES string of the molecule is CCNC(=O)/C=C\c1ccc(C(=O)O)c(=O)[nH]1. The number of aromatic amines is 1. The van der Waals surface area contributed by atoms with Gasteiger partial charge in [0.05, 0.1) is 0 Å². The molecule has 1 aromatic rings. The van der Waals surface area contributed by atoms with Crippen LogP contribution in [-0.4, -0.2) is 28.5 Å². The van der Waals surface area contributed by atoms with Crippen molar-refractivity contribution in [1.29, 1.82) is 0 Å². The Morgan fingerprint density at radius 1 is 1.47 bits per heavy atom. The topological polar surface area (TPSA) is 99.3 Å². The summed E-state index contributed by atoms with van der Waals surface area (Å²) < 4.78 is 0. The summed E-state index contributed by atoms with van der Waals surface area (Å²) >= 11 is 0. The van der Waals surface area contributed by atoms with Crippen molar-refractivity contribution < 1.29 is 14.7 Å². The first-order valence-corrected chi connectivity index (χ1v) is 4.97. The van der Waals surface area contributed by atoms with Gasteiger partial charge in [-0.25, -0.2) is 4.79 Å². The Morgan fingerprint density at radius 3 is 2.71 bits per heavy atom. The molecule has 6 heteroatoms. The van der Waals surface area contributed by atoms with E-state index in [9.17, 15) is 14.4 Å². The van der Waals surface area contributed by atoms with Crippen molar-refractivity contribution in [2.45, 2.75) is 6.92 Å². The number of H-pyrrole nitrogens is 1. The van der Waals surface area contributed by atoms with E-state index in [4.69, 9.17) is 5.11 Å². The second-order valence-electron chi connectivity index (χ2n) is 3.19. The standard InChI is InChI=1S/C11H12N2O4/c1-2-12-9(14)6-4-7-3-5-8(11(16)17)10(15)13-7/h3-6H,2H2,1H3,(H,12,14)(H,13,15)(H,16,17)/b6-4-. The molecule has 0 aliphatic carbocycles. The van der Waals surface area contributed by atoms with E-state index < -0.39 is 11.5 Å². The molecule has 0 aromatic carbocycles. The van der Waals surface area contributed by atoms with E-state index in [1.54, 1.807) is 6.92 Å². The van der Waals surface area contributed by atoms with Gasteiger partial charge in [0, 0.05) is 18.3 Å². The summed E-state index contributed by atoms with van der Waals surface area (Å²) in [5, 5.41) is 11.2. The largest absolute Gasteiger partial charge is 0.477 e. The average Bonchev–Trinajstić information content (AvgIpc) is 2.26. The van der Waals surface area contributed by atoms with E-state index in [-0.39, 0.29) is 11.5 Å². The molecule has 0 bridgehead atoms. The number of carbonyl (C=O) groups is 2. The highest BCUT2D eigenvalue weighted by atomic mass is 16.4. The number of pyridine rings is 1. The fourth-order valence-corrected chi connectivity index (χ4v) is 1.15. The summed E-state index contributed by atoms with van der Waals surface area (Å²) in [6.45, 7) is 2.30. The molecule has 0 saturated heterocycles. The minimum atomic E-state index is -1.29. The minimum absolute atomic E-state index is 0.282. The highest BCUT2D eigenvalue weighted by Gasteiger charge is 2.07. The number of carbonyl (C=O) groups excluding carboxylic acids is 1. The Balaban J connectivity index is 2.88. The molecular formula is C11H12N2O4.